The van der Waals surface area contributed by atoms with Crippen molar-refractivity contribution in [3.05, 3.63) is 58.6 Å². The van der Waals surface area contributed by atoms with Crippen molar-refractivity contribution in [1.29, 1.82) is 0 Å². The Hall–Kier alpha value is -2.57. The van der Waals surface area contributed by atoms with E-state index in [2.05, 4.69) is 40.7 Å². The van der Waals surface area contributed by atoms with Crippen molar-refractivity contribution >= 4 is 34.8 Å². The molecule has 2 fully saturated rings. The zero-order chi connectivity index (χ0) is 23.4. The first-order valence-corrected chi connectivity index (χ1v) is 12.2. The molecule has 0 aliphatic carbocycles. The van der Waals surface area contributed by atoms with E-state index < -0.39 is 0 Å². The molecule has 6 nitrogen and oxygen atoms in total. The lowest BCUT2D eigenvalue weighted by atomic mass is 9.89. The standard InChI is InChI=1S/C26H33ClN4O2/c1-18-15-23(7-8-25(18)31-14-11-24(17-31)28-16-19(2)32)29-26(33)30-12-9-21(10-13-30)20-3-5-22(27)6-4-20/h3-8,15,21,24,28H,9-14,16-17H2,1-2H3,(H,29,33). The first-order chi connectivity index (χ1) is 15.9. The molecule has 2 saturated heterocycles. The zero-order valence-corrected chi connectivity index (χ0v) is 20.2. The molecule has 0 bridgehead atoms. The third kappa shape index (κ3) is 6.06. The van der Waals surface area contributed by atoms with Crippen molar-refractivity contribution < 1.29 is 9.59 Å². The summed E-state index contributed by atoms with van der Waals surface area (Å²) in [6.45, 7) is 7.47. The van der Waals surface area contributed by atoms with Crippen LogP contribution in [0.2, 0.25) is 5.02 Å². The number of halogens is 1. The minimum atomic E-state index is -0.0358. The van der Waals surface area contributed by atoms with Crippen molar-refractivity contribution in [3.8, 4) is 0 Å². The smallest absolute Gasteiger partial charge is 0.321 e. The number of urea groups is 1. The third-order valence-corrected chi connectivity index (χ3v) is 6.99. The van der Waals surface area contributed by atoms with Gasteiger partial charge in [-0.2, -0.15) is 0 Å². The average Bonchev–Trinajstić information content (AvgIpc) is 3.27. The number of carbonyl (C=O) groups excluding carboxylic acids is 2. The minimum absolute atomic E-state index is 0.0358. The highest BCUT2D eigenvalue weighted by molar-refractivity contribution is 6.30. The fraction of sp³-hybridized carbons (Fsp3) is 0.462. The number of benzene rings is 2. The van der Waals surface area contributed by atoms with Gasteiger partial charge in [0.25, 0.3) is 0 Å². The Balaban J connectivity index is 1.29. The minimum Gasteiger partial charge on any atom is -0.370 e. The van der Waals surface area contributed by atoms with Crippen molar-refractivity contribution in [3.63, 3.8) is 0 Å². The van der Waals surface area contributed by atoms with Gasteiger partial charge in [0.15, 0.2) is 0 Å². The van der Waals surface area contributed by atoms with Gasteiger partial charge < -0.3 is 20.4 Å². The van der Waals surface area contributed by atoms with E-state index in [1.165, 1.54) is 11.3 Å². The van der Waals surface area contributed by atoms with Crippen LogP contribution in [0.25, 0.3) is 0 Å². The molecule has 2 heterocycles. The van der Waals surface area contributed by atoms with Crippen molar-refractivity contribution in [2.45, 2.75) is 45.1 Å². The van der Waals surface area contributed by atoms with Crippen molar-refractivity contribution in [1.82, 2.24) is 10.2 Å². The highest BCUT2D eigenvalue weighted by Gasteiger charge is 2.25. The zero-order valence-electron chi connectivity index (χ0n) is 19.4. The molecule has 1 atom stereocenters. The molecule has 0 saturated carbocycles. The number of nitrogens with one attached hydrogen (secondary N) is 2. The van der Waals surface area contributed by atoms with Crippen LogP contribution >= 0.6 is 11.6 Å². The molecule has 0 aromatic heterocycles. The predicted molar refractivity (Wildman–Crippen MR) is 134 cm³/mol. The van der Waals surface area contributed by atoms with E-state index in [0.29, 0.717) is 18.5 Å². The van der Waals surface area contributed by atoms with Crippen LogP contribution in [0.1, 0.15) is 43.2 Å². The number of ketones is 1. The molecule has 2 amide bonds. The monoisotopic (exact) mass is 468 g/mol. The highest BCUT2D eigenvalue weighted by Crippen LogP contribution is 2.30. The molecule has 7 heteroatoms. The van der Waals surface area contributed by atoms with Gasteiger partial charge in [-0.1, -0.05) is 23.7 Å². The summed E-state index contributed by atoms with van der Waals surface area (Å²) in [4.78, 5) is 28.3. The lowest BCUT2D eigenvalue weighted by Crippen LogP contribution is -2.40. The molecule has 33 heavy (non-hydrogen) atoms. The van der Waals surface area contributed by atoms with Crippen LogP contribution in [0.4, 0.5) is 16.2 Å². The number of carbonyl (C=O) groups is 2. The Kier molecular flexibility index (Phi) is 7.56. The maximum atomic E-state index is 12.8. The number of hydrogen-bond acceptors (Lipinski definition) is 4. The second-order valence-corrected chi connectivity index (χ2v) is 9.70. The second-order valence-electron chi connectivity index (χ2n) is 9.26. The molecule has 2 aromatic rings. The molecule has 2 aromatic carbocycles. The van der Waals surface area contributed by atoms with E-state index >= 15 is 0 Å². The summed E-state index contributed by atoms with van der Waals surface area (Å²) in [5.41, 5.74) is 4.45. The fourth-order valence-electron chi connectivity index (χ4n) is 4.88. The van der Waals surface area contributed by atoms with Crippen molar-refractivity contribution in [2.75, 3.05) is 42.9 Å². The SMILES string of the molecule is CC(=O)CNC1CCN(c2ccc(NC(=O)N3CCC(c4ccc(Cl)cc4)CC3)cc2C)C1. The highest BCUT2D eigenvalue weighted by atomic mass is 35.5. The number of nitrogens with zero attached hydrogens (tertiary/aromatic N) is 2. The van der Waals surface area contributed by atoms with Crippen LogP contribution in [0, 0.1) is 6.92 Å². The summed E-state index contributed by atoms with van der Waals surface area (Å²) in [5, 5.41) is 7.16. The van der Waals surface area contributed by atoms with Crippen LogP contribution in [-0.4, -0.2) is 55.5 Å². The van der Waals surface area contributed by atoms with Gasteiger partial charge in [-0.05, 0) is 80.5 Å². The largest absolute Gasteiger partial charge is 0.370 e. The van der Waals surface area contributed by atoms with E-state index in [4.69, 9.17) is 11.6 Å². The summed E-state index contributed by atoms with van der Waals surface area (Å²) in [7, 11) is 0. The first-order valence-electron chi connectivity index (χ1n) is 11.8. The molecule has 0 spiro atoms. The van der Waals surface area contributed by atoms with Gasteiger partial charge in [-0.25, -0.2) is 4.79 Å². The van der Waals surface area contributed by atoms with Crippen LogP contribution in [0.15, 0.2) is 42.5 Å². The average molecular weight is 469 g/mol. The summed E-state index contributed by atoms with van der Waals surface area (Å²) < 4.78 is 0. The van der Waals surface area contributed by atoms with Gasteiger partial charge in [0.05, 0.1) is 6.54 Å². The first kappa shape index (κ1) is 23.6. The van der Waals surface area contributed by atoms with Crippen LogP contribution in [0.5, 0.6) is 0 Å². The predicted octanol–water partition coefficient (Wildman–Crippen LogP) is 4.82. The molecule has 2 N–H and O–H groups in total. The van der Waals surface area contributed by atoms with E-state index in [9.17, 15) is 9.59 Å². The quantitative estimate of drug-likeness (QED) is 0.638. The van der Waals surface area contributed by atoms with E-state index in [-0.39, 0.29) is 11.8 Å². The third-order valence-electron chi connectivity index (χ3n) is 6.74. The summed E-state index contributed by atoms with van der Waals surface area (Å²) in [6.07, 6.45) is 2.94. The number of rotatable bonds is 6. The molecule has 0 radical (unpaired) electrons. The van der Waals surface area contributed by atoms with Crippen molar-refractivity contribution in [2.24, 2.45) is 0 Å². The number of likely N-dealkylation sites (tertiary alicyclic amines) is 1. The van der Waals surface area contributed by atoms with Gasteiger partial charge in [-0.3, -0.25) is 4.79 Å². The van der Waals surface area contributed by atoms with Gasteiger partial charge in [0, 0.05) is 48.6 Å². The number of Topliss-reactive ketones (excluding diaryl/α,β-unsaturated/α-hetero) is 1. The lowest BCUT2D eigenvalue weighted by Gasteiger charge is -2.32. The van der Waals surface area contributed by atoms with Crippen LogP contribution < -0.4 is 15.5 Å². The second kappa shape index (κ2) is 10.6. The number of aryl methyl sites for hydroxylation is 1. The van der Waals surface area contributed by atoms with E-state index in [0.717, 1.165) is 61.7 Å². The number of amides is 2. The van der Waals surface area contributed by atoms with Gasteiger partial charge >= 0.3 is 6.03 Å². The van der Waals surface area contributed by atoms with E-state index in [1.54, 1.807) is 6.92 Å². The number of anilines is 2. The summed E-state index contributed by atoms with van der Waals surface area (Å²) in [5.74, 6) is 0.640. The maximum absolute atomic E-state index is 12.8. The van der Waals surface area contributed by atoms with Crippen LogP contribution in [0.3, 0.4) is 0 Å². The lowest BCUT2D eigenvalue weighted by molar-refractivity contribution is -0.116. The van der Waals surface area contributed by atoms with E-state index in [1.807, 2.05) is 29.2 Å². The van der Waals surface area contributed by atoms with Crippen LogP contribution in [-0.2, 0) is 4.79 Å². The van der Waals surface area contributed by atoms with Gasteiger partial charge in [0.2, 0.25) is 0 Å². The Bertz CT molecular complexity index is 986. The number of piperidine rings is 1. The Labute approximate surface area is 201 Å². The normalized spacial score (nSPS) is 19.1. The Morgan fingerprint density at radius 3 is 2.42 bits per heavy atom. The maximum Gasteiger partial charge on any atom is 0.321 e. The molecule has 1 unspecified atom stereocenters. The number of hydrogen-bond donors (Lipinski definition) is 2. The molecule has 2 aliphatic heterocycles. The summed E-state index contributed by atoms with van der Waals surface area (Å²) in [6, 6.07) is 14.5. The summed E-state index contributed by atoms with van der Waals surface area (Å²) >= 11 is 6.00. The molecule has 2 aliphatic rings. The Morgan fingerprint density at radius 2 is 1.76 bits per heavy atom. The van der Waals surface area contributed by atoms with Gasteiger partial charge in [0.1, 0.15) is 5.78 Å². The topological polar surface area (TPSA) is 64.7 Å². The fourth-order valence-corrected chi connectivity index (χ4v) is 5.00. The van der Waals surface area contributed by atoms with Gasteiger partial charge in [-0.15, -0.1) is 0 Å². The molecule has 176 valence electrons. The Morgan fingerprint density at radius 1 is 1.03 bits per heavy atom. The molecule has 4 rings (SSSR count). The molecular weight excluding hydrogens is 436 g/mol. The molecular formula is C26H33ClN4O2.